The molecule has 1 N–H and O–H groups in total. The molecule has 1 aromatic heterocycles. The number of aromatic nitrogens is 1. The van der Waals surface area contributed by atoms with Crippen LogP contribution in [0.4, 0.5) is 0 Å². The van der Waals surface area contributed by atoms with Crippen molar-refractivity contribution in [2.75, 3.05) is 19.9 Å². The molecule has 4 heteroatoms. The zero-order chi connectivity index (χ0) is 12.0. The summed E-state index contributed by atoms with van der Waals surface area (Å²) >= 11 is 1.92. The number of pyridine rings is 1. The Morgan fingerprint density at radius 3 is 2.81 bits per heavy atom. The predicted molar refractivity (Wildman–Crippen MR) is 70.2 cm³/mol. The van der Waals surface area contributed by atoms with E-state index in [1.807, 2.05) is 37.1 Å². The first-order chi connectivity index (χ1) is 7.69. The Labute approximate surface area is 102 Å². The number of methoxy groups -OCH3 is 1. The Morgan fingerprint density at radius 1 is 1.50 bits per heavy atom. The van der Waals surface area contributed by atoms with Crippen molar-refractivity contribution in [2.24, 2.45) is 0 Å². The van der Waals surface area contributed by atoms with Crippen molar-refractivity contribution < 1.29 is 4.74 Å². The second kappa shape index (κ2) is 6.76. The summed E-state index contributed by atoms with van der Waals surface area (Å²) in [5.74, 6) is 1.85. The predicted octanol–water partition coefficient (Wildman–Crippen LogP) is 2.49. The molecule has 1 aromatic rings. The lowest BCUT2D eigenvalue weighted by Gasteiger charge is -2.18. The normalized spacial score (nSPS) is 12.8. The molecule has 0 saturated heterocycles. The third kappa shape index (κ3) is 3.68. The zero-order valence-corrected chi connectivity index (χ0v) is 11.2. The summed E-state index contributed by atoms with van der Waals surface area (Å²) in [6, 6.07) is 4.08. The Kier molecular flexibility index (Phi) is 5.63. The zero-order valence-electron chi connectivity index (χ0n) is 10.4. The highest BCUT2D eigenvalue weighted by molar-refractivity contribution is 7.99. The summed E-state index contributed by atoms with van der Waals surface area (Å²) in [7, 11) is 3.64. The lowest BCUT2D eigenvalue weighted by molar-refractivity contribution is 0.400. The van der Waals surface area contributed by atoms with Gasteiger partial charge in [-0.15, -0.1) is 0 Å². The van der Waals surface area contributed by atoms with Crippen LogP contribution in [-0.2, 0) is 0 Å². The first-order valence-corrected chi connectivity index (χ1v) is 6.51. The van der Waals surface area contributed by atoms with Gasteiger partial charge in [0, 0.05) is 11.9 Å². The Hall–Kier alpha value is -0.740. The molecule has 1 heterocycles. The van der Waals surface area contributed by atoms with Crippen LogP contribution in [0.1, 0.15) is 25.6 Å². The molecule has 0 spiro atoms. The van der Waals surface area contributed by atoms with Gasteiger partial charge >= 0.3 is 0 Å². The number of nitrogens with one attached hydrogen (secondary N) is 1. The average Bonchev–Trinajstić information content (AvgIpc) is 2.30. The Morgan fingerprint density at radius 2 is 2.25 bits per heavy atom. The van der Waals surface area contributed by atoms with Crippen LogP contribution in [0.5, 0.6) is 5.75 Å². The highest BCUT2D eigenvalue weighted by Crippen LogP contribution is 2.26. The van der Waals surface area contributed by atoms with Crippen molar-refractivity contribution in [1.29, 1.82) is 0 Å². The molecular formula is C12H20N2OS. The van der Waals surface area contributed by atoms with Crippen molar-refractivity contribution in [2.45, 2.75) is 25.1 Å². The van der Waals surface area contributed by atoms with Gasteiger partial charge in [-0.3, -0.25) is 4.98 Å². The fraction of sp³-hybridized carbons (Fsp3) is 0.583. The Bertz CT molecular complexity index is 318. The van der Waals surface area contributed by atoms with Gasteiger partial charge in [0.2, 0.25) is 0 Å². The molecule has 90 valence electrons. The second-order valence-electron chi connectivity index (χ2n) is 3.81. The number of hydrogen-bond acceptors (Lipinski definition) is 4. The van der Waals surface area contributed by atoms with E-state index in [-0.39, 0.29) is 6.04 Å². The average molecular weight is 240 g/mol. The van der Waals surface area contributed by atoms with Gasteiger partial charge in [0.15, 0.2) is 0 Å². The molecule has 0 aliphatic rings. The van der Waals surface area contributed by atoms with Crippen LogP contribution >= 0.6 is 11.8 Å². The van der Waals surface area contributed by atoms with Gasteiger partial charge in [0.25, 0.3) is 0 Å². The third-order valence-corrected chi connectivity index (χ3v) is 3.49. The maximum Gasteiger partial charge on any atom is 0.142 e. The lowest BCUT2D eigenvalue weighted by atomic mass is 10.2. The SMILES string of the molecule is CNC(CSC(C)C)c1ncccc1OC. The summed E-state index contributed by atoms with van der Waals surface area (Å²) < 4.78 is 5.32. The van der Waals surface area contributed by atoms with Crippen LogP contribution in [0.25, 0.3) is 0 Å². The molecule has 1 atom stereocenters. The van der Waals surface area contributed by atoms with E-state index in [0.29, 0.717) is 5.25 Å². The summed E-state index contributed by atoms with van der Waals surface area (Å²) in [6.45, 7) is 4.40. The monoisotopic (exact) mass is 240 g/mol. The second-order valence-corrected chi connectivity index (χ2v) is 5.42. The van der Waals surface area contributed by atoms with Crippen LogP contribution in [0.3, 0.4) is 0 Å². The van der Waals surface area contributed by atoms with E-state index in [1.165, 1.54) is 0 Å². The van der Waals surface area contributed by atoms with Gasteiger partial charge < -0.3 is 10.1 Å². The van der Waals surface area contributed by atoms with Gasteiger partial charge in [-0.1, -0.05) is 13.8 Å². The quantitative estimate of drug-likeness (QED) is 0.828. The molecule has 0 amide bonds. The van der Waals surface area contributed by atoms with Crippen molar-refractivity contribution in [3.63, 3.8) is 0 Å². The third-order valence-electron chi connectivity index (χ3n) is 2.29. The first kappa shape index (κ1) is 13.3. The number of hydrogen-bond donors (Lipinski definition) is 1. The fourth-order valence-corrected chi connectivity index (χ4v) is 2.33. The summed E-state index contributed by atoms with van der Waals surface area (Å²) in [6.07, 6.45) is 1.81. The molecule has 0 aliphatic heterocycles. The van der Waals surface area contributed by atoms with Crippen molar-refractivity contribution in [3.05, 3.63) is 24.0 Å². The highest BCUT2D eigenvalue weighted by atomic mass is 32.2. The van der Waals surface area contributed by atoms with E-state index >= 15 is 0 Å². The minimum absolute atomic E-state index is 0.239. The van der Waals surface area contributed by atoms with Crippen LogP contribution < -0.4 is 10.1 Å². The summed E-state index contributed by atoms with van der Waals surface area (Å²) in [4.78, 5) is 4.40. The number of ether oxygens (including phenoxy) is 1. The molecule has 3 nitrogen and oxygen atoms in total. The van der Waals surface area contributed by atoms with E-state index in [2.05, 4.69) is 24.1 Å². The fourth-order valence-electron chi connectivity index (χ4n) is 1.42. The van der Waals surface area contributed by atoms with Crippen molar-refractivity contribution >= 4 is 11.8 Å². The minimum Gasteiger partial charge on any atom is -0.495 e. The molecule has 0 saturated carbocycles. The highest BCUT2D eigenvalue weighted by Gasteiger charge is 2.15. The van der Waals surface area contributed by atoms with E-state index in [1.54, 1.807) is 7.11 Å². The first-order valence-electron chi connectivity index (χ1n) is 5.46. The molecule has 0 aromatic carbocycles. The van der Waals surface area contributed by atoms with Crippen LogP contribution in [0, 0.1) is 0 Å². The van der Waals surface area contributed by atoms with Crippen LogP contribution in [0.2, 0.25) is 0 Å². The van der Waals surface area contributed by atoms with E-state index in [9.17, 15) is 0 Å². The maximum absolute atomic E-state index is 5.32. The molecule has 0 bridgehead atoms. The van der Waals surface area contributed by atoms with E-state index in [4.69, 9.17) is 4.74 Å². The molecule has 1 unspecified atom stereocenters. The molecule has 0 radical (unpaired) electrons. The summed E-state index contributed by atoms with van der Waals surface area (Å²) in [5.41, 5.74) is 0.987. The van der Waals surface area contributed by atoms with Crippen LogP contribution in [0.15, 0.2) is 18.3 Å². The van der Waals surface area contributed by atoms with E-state index in [0.717, 1.165) is 17.2 Å². The smallest absolute Gasteiger partial charge is 0.142 e. The van der Waals surface area contributed by atoms with Crippen molar-refractivity contribution in [1.82, 2.24) is 10.3 Å². The number of rotatable bonds is 6. The van der Waals surface area contributed by atoms with E-state index < -0.39 is 0 Å². The minimum atomic E-state index is 0.239. The lowest BCUT2D eigenvalue weighted by Crippen LogP contribution is -2.21. The molecule has 16 heavy (non-hydrogen) atoms. The van der Waals surface area contributed by atoms with Gasteiger partial charge in [-0.25, -0.2) is 0 Å². The largest absolute Gasteiger partial charge is 0.495 e. The van der Waals surface area contributed by atoms with Gasteiger partial charge in [-0.05, 0) is 24.4 Å². The summed E-state index contributed by atoms with van der Waals surface area (Å²) in [5, 5.41) is 3.92. The molecule has 1 rings (SSSR count). The van der Waals surface area contributed by atoms with Gasteiger partial charge in [0.05, 0.1) is 18.8 Å². The Balaban J connectivity index is 2.77. The van der Waals surface area contributed by atoms with Gasteiger partial charge in [-0.2, -0.15) is 11.8 Å². The number of thioether (sulfide) groups is 1. The topological polar surface area (TPSA) is 34.2 Å². The maximum atomic E-state index is 5.32. The molecule has 0 fully saturated rings. The number of nitrogens with zero attached hydrogens (tertiary/aromatic N) is 1. The standard InChI is InChI=1S/C12H20N2OS/c1-9(2)16-8-10(13-3)12-11(15-4)6-5-7-14-12/h5-7,9-10,13H,8H2,1-4H3. The van der Waals surface area contributed by atoms with Crippen molar-refractivity contribution in [3.8, 4) is 5.75 Å². The van der Waals surface area contributed by atoms with Crippen LogP contribution in [-0.4, -0.2) is 30.1 Å². The molecule has 0 aliphatic carbocycles. The van der Waals surface area contributed by atoms with Gasteiger partial charge in [0.1, 0.15) is 5.75 Å². The molecular weight excluding hydrogens is 220 g/mol.